The number of rotatable bonds is 3. The predicted octanol–water partition coefficient (Wildman–Crippen LogP) is 2.38. The zero-order valence-corrected chi connectivity index (χ0v) is 9.54. The minimum atomic E-state index is -0.119. The summed E-state index contributed by atoms with van der Waals surface area (Å²) in [5.74, 6) is -0.119. The number of benzene rings is 1. The molecule has 0 aliphatic carbocycles. The number of thioether (sulfide) groups is 1. The van der Waals surface area contributed by atoms with Gasteiger partial charge in [0.15, 0.2) is 0 Å². The van der Waals surface area contributed by atoms with Gasteiger partial charge in [-0.2, -0.15) is 5.10 Å². The third-order valence-electron chi connectivity index (χ3n) is 2.11. The molecule has 4 nitrogen and oxygen atoms in total. The van der Waals surface area contributed by atoms with Crippen molar-refractivity contribution in [2.75, 3.05) is 11.6 Å². The normalized spacial score (nSPS) is 10.1. The van der Waals surface area contributed by atoms with Gasteiger partial charge in [0, 0.05) is 11.1 Å². The number of hydrogen-bond acceptors (Lipinski definition) is 3. The minimum absolute atomic E-state index is 0.119. The molecule has 16 heavy (non-hydrogen) atoms. The largest absolute Gasteiger partial charge is 0.319 e. The lowest BCUT2D eigenvalue weighted by Crippen LogP contribution is -2.12. The molecule has 0 atom stereocenters. The Morgan fingerprint density at radius 2 is 2.25 bits per heavy atom. The van der Waals surface area contributed by atoms with Gasteiger partial charge in [-0.15, -0.1) is 11.8 Å². The molecule has 82 valence electrons. The van der Waals surface area contributed by atoms with E-state index in [0.29, 0.717) is 11.3 Å². The Morgan fingerprint density at radius 3 is 2.94 bits per heavy atom. The maximum Gasteiger partial charge on any atom is 0.256 e. The van der Waals surface area contributed by atoms with Crippen LogP contribution < -0.4 is 5.32 Å². The van der Waals surface area contributed by atoms with Crippen LogP contribution in [-0.4, -0.2) is 22.4 Å². The molecule has 0 saturated heterocycles. The predicted molar refractivity (Wildman–Crippen MR) is 64.8 cm³/mol. The summed E-state index contributed by atoms with van der Waals surface area (Å²) < 4.78 is 0. The summed E-state index contributed by atoms with van der Waals surface area (Å²) >= 11 is 1.55. The van der Waals surface area contributed by atoms with E-state index in [2.05, 4.69) is 15.5 Å². The zero-order valence-electron chi connectivity index (χ0n) is 8.73. The highest BCUT2D eigenvalue weighted by molar-refractivity contribution is 7.98. The van der Waals surface area contributed by atoms with E-state index >= 15 is 0 Å². The molecular formula is C11H11N3OS. The smallest absolute Gasteiger partial charge is 0.256 e. The number of nitrogens with one attached hydrogen (secondary N) is 2. The van der Waals surface area contributed by atoms with Gasteiger partial charge in [-0.05, 0) is 18.4 Å². The van der Waals surface area contributed by atoms with Gasteiger partial charge in [0.25, 0.3) is 5.91 Å². The number of amides is 1. The topological polar surface area (TPSA) is 57.8 Å². The van der Waals surface area contributed by atoms with Gasteiger partial charge < -0.3 is 5.32 Å². The third-order valence-corrected chi connectivity index (χ3v) is 2.90. The lowest BCUT2D eigenvalue weighted by atomic mass is 10.2. The Labute approximate surface area is 97.5 Å². The number of aromatic amines is 1. The molecule has 0 aliphatic rings. The molecule has 1 heterocycles. The van der Waals surface area contributed by atoms with Gasteiger partial charge in [-0.1, -0.05) is 12.1 Å². The molecule has 0 radical (unpaired) electrons. The number of aromatic nitrogens is 2. The Morgan fingerprint density at radius 1 is 1.44 bits per heavy atom. The number of H-pyrrole nitrogens is 1. The van der Waals surface area contributed by atoms with E-state index < -0.39 is 0 Å². The second kappa shape index (κ2) is 4.85. The molecule has 2 aromatic rings. The van der Waals surface area contributed by atoms with Crippen LogP contribution in [0.1, 0.15) is 10.4 Å². The van der Waals surface area contributed by atoms with Crippen LogP contribution in [0.3, 0.4) is 0 Å². The van der Waals surface area contributed by atoms with Crippen molar-refractivity contribution >= 4 is 23.4 Å². The summed E-state index contributed by atoms with van der Waals surface area (Å²) in [4.78, 5) is 12.9. The van der Waals surface area contributed by atoms with Crippen LogP contribution in [0.2, 0.25) is 0 Å². The molecule has 0 unspecified atom stereocenters. The first-order chi connectivity index (χ1) is 7.81. The molecule has 2 rings (SSSR count). The first-order valence-electron chi connectivity index (χ1n) is 4.74. The van der Waals surface area contributed by atoms with E-state index in [1.807, 2.05) is 24.5 Å². The quantitative estimate of drug-likeness (QED) is 0.800. The summed E-state index contributed by atoms with van der Waals surface area (Å²) in [6.07, 6.45) is 5.16. The van der Waals surface area contributed by atoms with Crippen molar-refractivity contribution in [2.24, 2.45) is 0 Å². The molecular weight excluding hydrogens is 222 g/mol. The molecule has 1 aromatic heterocycles. The van der Waals surface area contributed by atoms with Crippen molar-refractivity contribution in [2.45, 2.75) is 4.90 Å². The fourth-order valence-electron chi connectivity index (χ4n) is 1.35. The summed E-state index contributed by atoms with van der Waals surface area (Å²) in [6.45, 7) is 0. The molecule has 0 aliphatic heterocycles. The van der Waals surface area contributed by atoms with Crippen LogP contribution in [0.5, 0.6) is 0 Å². The van der Waals surface area contributed by atoms with Gasteiger partial charge in [0.1, 0.15) is 0 Å². The molecule has 1 aromatic carbocycles. The van der Waals surface area contributed by atoms with E-state index in [9.17, 15) is 4.79 Å². The lowest BCUT2D eigenvalue weighted by molar-refractivity contribution is 0.102. The summed E-state index contributed by atoms with van der Waals surface area (Å²) in [7, 11) is 0. The SMILES string of the molecule is CSc1ccccc1C(=O)Nc1cn[nH]c1. The average molecular weight is 233 g/mol. The van der Waals surface area contributed by atoms with E-state index in [-0.39, 0.29) is 5.91 Å². The number of hydrogen-bond donors (Lipinski definition) is 2. The van der Waals surface area contributed by atoms with E-state index in [0.717, 1.165) is 4.90 Å². The van der Waals surface area contributed by atoms with Crippen LogP contribution in [-0.2, 0) is 0 Å². The Kier molecular flexibility index (Phi) is 3.26. The van der Waals surface area contributed by atoms with Crippen molar-refractivity contribution in [3.05, 3.63) is 42.2 Å². The van der Waals surface area contributed by atoms with Crippen molar-refractivity contribution in [1.29, 1.82) is 0 Å². The Balaban J connectivity index is 2.21. The molecule has 1 amide bonds. The van der Waals surface area contributed by atoms with Gasteiger partial charge in [-0.3, -0.25) is 9.89 Å². The number of nitrogens with zero attached hydrogens (tertiary/aromatic N) is 1. The Bertz CT molecular complexity index is 482. The van der Waals surface area contributed by atoms with Gasteiger partial charge >= 0.3 is 0 Å². The highest BCUT2D eigenvalue weighted by Gasteiger charge is 2.10. The molecule has 5 heteroatoms. The van der Waals surface area contributed by atoms with E-state index in [4.69, 9.17) is 0 Å². The van der Waals surface area contributed by atoms with Crippen LogP contribution in [0.25, 0.3) is 0 Å². The first kappa shape index (κ1) is 10.8. The highest BCUT2D eigenvalue weighted by Crippen LogP contribution is 2.20. The molecule has 0 saturated carbocycles. The number of carbonyl (C=O) groups is 1. The first-order valence-corrected chi connectivity index (χ1v) is 5.97. The third kappa shape index (κ3) is 2.25. The van der Waals surface area contributed by atoms with Gasteiger partial charge in [-0.25, -0.2) is 0 Å². The van der Waals surface area contributed by atoms with E-state index in [1.54, 1.807) is 30.2 Å². The van der Waals surface area contributed by atoms with Crippen molar-refractivity contribution in [1.82, 2.24) is 10.2 Å². The standard InChI is InChI=1S/C11H11N3OS/c1-16-10-5-3-2-4-9(10)11(15)14-8-6-12-13-7-8/h2-7H,1H3,(H,12,13)(H,14,15). The number of anilines is 1. The van der Waals surface area contributed by atoms with Crippen molar-refractivity contribution < 1.29 is 4.79 Å². The second-order valence-corrected chi connectivity index (χ2v) is 3.99. The lowest BCUT2D eigenvalue weighted by Gasteiger charge is -2.06. The fraction of sp³-hybridized carbons (Fsp3) is 0.0909. The molecule has 2 N–H and O–H groups in total. The highest BCUT2D eigenvalue weighted by atomic mass is 32.2. The van der Waals surface area contributed by atoms with Crippen molar-refractivity contribution in [3.8, 4) is 0 Å². The summed E-state index contributed by atoms with van der Waals surface area (Å²) in [5.41, 5.74) is 1.34. The molecule has 0 bridgehead atoms. The minimum Gasteiger partial charge on any atom is -0.319 e. The fourth-order valence-corrected chi connectivity index (χ4v) is 1.95. The molecule has 0 fully saturated rings. The van der Waals surface area contributed by atoms with Crippen LogP contribution in [0.4, 0.5) is 5.69 Å². The number of carbonyl (C=O) groups excluding carboxylic acids is 1. The monoisotopic (exact) mass is 233 g/mol. The average Bonchev–Trinajstić information content (AvgIpc) is 2.81. The summed E-state index contributed by atoms with van der Waals surface area (Å²) in [5, 5.41) is 9.18. The van der Waals surface area contributed by atoms with Crippen LogP contribution in [0.15, 0.2) is 41.6 Å². The molecule has 0 spiro atoms. The van der Waals surface area contributed by atoms with Gasteiger partial charge in [0.2, 0.25) is 0 Å². The maximum absolute atomic E-state index is 11.9. The second-order valence-electron chi connectivity index (χ2n) is 3.14. The zero-order chi connectivity index (χ0) is 11.4. The van der Waals surface area contributed by atoms with Gasteiger partial charge in [0.05, 0.1) is 17.4 Å². The van der Waals surface area contributed by atoms with Crippen molar-refractivity contribution in [3.63, 3.8) is 0 Å². The summed E-state index contributed by atoms with van der Waals surface area (Å²) in [6, 6.07) is 7.50. The van der Waals surface area contributed by atoms with Crippen LogP contribution in [0, 0.1) is 0 Å². The van der Waals surface area contributed by atoms with E-state index in [1.165, 1.54) is 0 Å². The van der Waals surface area contributed by atoms with Crippen LogP contribution >= 0.6 is 11.8 Å². The maximum atomic E-state index is 11.9. The Hall–Kier alpha value is -1.75.